The van der Waals surface area contributed by atoms with Crippen molar-refractivity contribution in [2.45, 2.75) is 31.3 Å². The average molecular weight is 425 g/mol. The molecule has 5 rings (SSSR count). The van der Waals surface area contributed by atoms with Gasteiger partial charge in [-0.15, -0.1) is 0 Å². The van der Waals surface area contributed by atoms with Crippen LogP contribution in [0.1, 0.15) is 24.8 Å². The average Bonchev–Trinajstić information content (AvgIpc) is 3.51. The van der Waals surface area contributed by atoms with Crippen LogP contribution in [0.2, 0.25) is 0 Å². The lowest BCUT2D eigenvalue weighted by Crippen LogP contribution is -2.45. The Morgan fingerprint density at radius 1 is 1.00 bits per heavy atom. The van der Waals surface area contributed by atoms with E-state index in [1.165, 1.54) is 0 Å². The van der Waals surface area contributed by atoms with Crippen LogP contribution in [0.3, 0.4) is 0 Å². The summed E-state index contributed by atoms with van der Waals surface area (Å²) in [7, 11) is 0. The number of carbonyl (C=O) groups is 2. The van der Waals surface area contributed by atoms with E-state index in [4.69, 9.17) is 10.00 Å². The van der Waals surface area contributed by atoms with Gasteiger partial charge in [-0.3, -0.25) is 9.59 Å². The summed E-state index contributed by atoms with van der Waals surface area (Å²) in [6, 6.07) is 9.54. The largest absolute Gasteiger partial charge is 0.484 e. The van der Waals surface area contributed by atoms with Crippen molar-refractivity contribution in [3.8, 4) is 11.8 Å². The summed E-state index contributed by atoms with van der Waals surface area (Å²) in [5.74, 6) is 1.64. The van der Waals surface area contributed by atoms with Gasteiger partial charge in [-0.2, -0.15) is 10.8 Å². The van der Waals surface area contributed by atoms with Crippen LogP contribution in [0, 0.1) is 29.1 Å². The van der Waals surface area contributed by atoms with Crippen LogP contribution in [0.25, 0.3) is 0 Å². The zero-order chi connectivity index (χ0) is 21.4. The van der Waals surface area contributed by atoms with Gasteiger partial charge in [0.25, 0.3) is 5.91 Å². The quantitative estimate of drug-likeness (QED) is 0.624. The van der Waals surface area contributed by atoms with Crippen LogP contribution >= 0.6 is 0 Å². The predicted molar refractivity (Wildman–Crippen MR) is 111 cm³/mol. The minimum atomic E-state index is -0.0257. The zero-order valence-corrected chi connectivity index (χ0v) is 17.4. The van der Waals surface area contributed by atoms with Gasteiger partial charge in [0, 0.05) is 56.0 Å². The van der Waals surface area contributed by atoms with Crippen molar-refractivity contribution < 1.29 is 14.3 Å². The van der Waals surface area contributed by atoms with Crippen LogP contribution in [0.5, 0.6) is 5.75 Å². The molecule has 3 N–H and O–H groups in total. The molecule has 31 heavy (non-hydrogen) atoms. The van der Waals surface area contributed by atoms with Crippen molar-refractivity contribution in [1.82, 2.24) is 26.2 Å². The predicted octanol–water partition coefficient (Wildman–Crippen LogP) is 0.00358. The zero-order valence-electron chi connectivity index (χ0n) is 17.4. The number of amides is 2. The SMILES string of the molecule is N#Cc1ccc(OCC(=O)N2C[C@@H]3CN(C(=O)C4CCC5NNNC5C4)C[C@H]3C2)cc1. The molecular formula is C22H28N6O3. The maximum atomic E-state index is 13.1. The fourth-order valence-corrected chi connectivity index (χ4v) is 5.45. The highest BCUT2D eigenvalue weighted by Gasteiger charge is 2.45. The molecule has 0 spiro atoms. The van der Waals surface area contributed by atoms with Crippen LogP contribution in [0.15, 0.2) is 24.3 Å². The fraction of sp³-hybridized carbons (Fsp3) is 0.591. The number of nitrogens with one attached hydrogen (secondary N) is 3. The molecule has 1 aliphatic carbocycles. The summed E-state index contributed by atoms with van der Waals surface area (Å²) in [6.45, 7) is 2.87. The van der Waals surface area contributed by atoms with Crippen molar-refractivity contribution in [3.63, 3.8) is 0 Å². The second-order valence-corrected chi connectivity index (χ2v) is 9.12. The van der Waals surface area contributed by atoms with Crippen molar-refractivity contribution in [1.29, 1.82) is 5.26 Å². The first-order valence-electron chi connectivity index (χ1n) is 11.1. The van der Waals surface area contributed by atoms with Crippen molar-refractivity contribution in [2.75, 3.05) is 32.8 Å². The van der Waals surface area contributed by atoms with Crippen LogP contribution < -0.4 is 21.1 Å². The molecule has 5 atom stereocenters. The molecule has 1 saturated carbocycles. The molecular weight excluding hydrogens is 396 g/mol. The molecule has 0 aromatic heterocycles. The van der Waals surface area contributed by atoms with E-state index < -0.39 is 0 Å². The van der Waals surface area contributed by atoms with Crippen molar-refractivity contribution >= 4 is 11.8 Å². The highest BCUT2D eigenvalue weighted by Crippen LogP contribution is 2.34. The second kappa shape index (κ2) is 8.46. The van der Waals surface area contributed by atoms with Gasteiger partial charge < -0.3 is 14.5 Å². The molecule has 1 aromatic carbocycles. The molecule has 3 unspecified atom stereocenters. The first-order chi connectivity index (χ1) is 15.1. The van der Waals surface area contributed by atoms with Gasteiger partial charge in [0.2, 0.25) is 5.91 Å². The highest BCUT2D eigenvalue weighted by atomic mass is 16.5. The molecule has 2 amide bonds. The number of hydrazine groups is 2. The summed E-state index contributed by atoms with van der Waals surface area (Å²) >= 11 is 0. The van der Waals surface area contributed by atoms with Gasteiger partial charge in [0.05, 0.1) is 11.6 Å². The third kappa shape index (κ3) is 4.11. The standard InChI is InChI=1S/C22H28N6O3/c23-8-14-1-4-18(5-2-14)31-13-21(29)27-9-16-11-28(12-17(16)10-27)22(30)15-3-6-19-20(7-15)25-26-24-19/h1-2,4-5,15-17,19-20,24-26H,3,6-7,9-13H2/t15?,16-,17-,19?,20?/m1/s1. The Morgan fingerprint density at radius 3 is 2.39 bits per heavy atom. The lowest BCUT2D eigenvalue weighted by atomic mass is 9.82. The number of rotatable bonds is 4. The molecule has 9 nitrogen and oxygen atoms in total. The number of fused-ring (bicyclic) bond motifs is 2. The van der Waals surface area contributed by atoms with Gasteiger partial charge in [-0.25, -0.2) is 10.9 Å². The maximum absolute atomic E-state index is 13.1. The Hall–Kier alpha value is -2.67. The number of benzene rings is 1. The van der Waals surface area contributed by atoms with Crippen LogP contribution in [0.4, 0.5) is 0 Å². The Kier molecular flexibility index (Phi) is 5.52. The summed E-state index contributed by atoms with van der Waals surface area (Å²) in [5, 5.41) is 8.85. The topological polar surface area (TPSA) is 110 Å². The van der Waals surface area contributed by atoms with Crippen molar-refractivity contribution in [3.05, 3.63) is 29.8 Å². The van der Waals surface area contributed by atoms with Crippen LogP contribution in [-0.2, 0) is 9.59 Å². The Balaban J connectivity index is 1.09. The normalized spacial score (nSPS) is 31.8. The van der Waals surface area contributed by atoms with E-state index in [0.29, 0.717) is 48.3 Å². The molecule has 0 radical (unpaired) electrons. The molecule has 1 aromatic rings. The Bertz CT molecular complexity index is 870. The van der Waals surface area contributed by atoms with Crippen LogP contribution in [-0.4, -0.2) is 66.5 Å². The first-order valence-corrected chi connectivity index (χ1v) is 11.1. The number of nitrogens with zero attached hydrogens (tertiary/aromatic N) is 3. The summed E-state index contributed by atoms with van der Waals surface area (Å²) in [4.78, 5) is 29.6. The number of ether oxygens (including phenoxy) is 1. The van der Waals surface area contributed by atoms with E-state index in [2.05, 4.69) is 22.5 Å². The molecule has 4 fully saturated rings. The third-order valence-electron chi connectivity index (χ3n) is 7.21. The molecule has 164 valence electrons. The summed E-state index contributed by atoms with van der Waals surface area (Å²) in [5.41, 5.74) is 9.98. The molecule has 3 heterocycles. The first kappa shape index (κ1) is 20.2. The van der Waals surface area contributed by atoms with Gasteiger partial charge in [0.15, 0.2) is 6.61 Å². The van der Waals surface area contributed by atoms with Gasteiger partial charge in [-0.05, 0) is 43.5 Å². The van der Waals surface area contributed by atoms with Crippen molar-refractivity contribution in [2.24, 2.45) is 17.8 Å². The lowest BCUT2D eigenvalue weighted by Gasteiger charge is -2.32. The van der Waals surface area contributed by atoms with E-state index in [0.717, 1.165) is 32.4 Å². The number of hydrogen-bond donors (Lipinski definition) is 3. The monoisotopic (exact) mass is 424 g/mol. The highest BCUT2D eigenvalue weighted by molar-refractivity contribution is 5.80. The van der Waals surface area contributed by atoms with E-state index in [1.807, 2.05) is 9.80 Å². The molecule has 3 aliphatic heterocycles. The summed E-state index contributed by atoms with van der Waals surface area (Å²) in [6.07, 6.45) is 2.80. The number of nitriles is 1. The third-order valence-corrected chi connectivity index (χ3v) is 7.21. The Labute approximate surface area is 181 Å². The maximum Gasteiger partial charge on any atom is 0.260 e. The van der Waals surface area contributed by atoms with E-state index in [1.54, 1.807) is 24.3 Å². The molecule has 4 aliphatic rings. The summed E-state index contributed by atoms with van der Waals surface area (Å²) < 4.78 is 5.59. The smallest absolute Gasteiger partial charge is 0.260 e. The van der Waals surface area contributed by atoms with E-state index in [9.17, 15) is 9.59 Å². The molecule has 9 heteroatoms. The van der Waals surface area contributed by atoms with E-state index >= 15 is 0 Å². The van der Waals surface area contributed by atoms with Gasteiger partial charge in [0.1, 0.15) is 5.75 Å². The fourth-order valence-electron chi connectivity index (χ4n) is 5.45. The second-order valence-electron chi connectivity index (χ2n) is 9.12. The Morgan fingerprint density at radius 2 is 1.68 bits per heavy atom. The molecule has 3 saturated heterocycles. The lowest BCUT2D eigenvalue weighted by molar-refractivity contribution is -0.136. The molecule has 0 bridgehead atoms. The number of carbonyl (C=O) groups excluding carboxylic acids is 2. The minimum absolute atomic E-state index is 0.00626. The van der Waals surface area contributed by atoms with Gasteiger partial charge >= 0.3 is 0 Å². The number of hydrogen-bond acceptors (Lipinski definition) is 7. The number of likely N-dealkylation sites (tertiary alicyclic amines) is 2. The van der Waals surface area contributed by atoms with Gasteiger partial charge in [-0.1, -0.05) is 0 Å². The minimum Gasteiger partial charge on any atom is -0.484 e. The van der Waals surface area contributed by atoms with E-state index in [-0.39, 0.29) is 24.3 Å².